The van der Waals surface area contributed by atoms with Crippen LogP contribution in [0.15, 0.2) is 48.5 Å². The molecule has 0 radical (unpaired) electrons. The average molecular weight is 276 g/mol. The van der Waals surface area contributed by atoms with Crippen molar-refractivity contribution < 1.29 is 13.2 Å². The van der Waals surface area contributed by atoms with Crippen LogP contribution in [0.5, 0.6) is 0 Å². The molecule has 0 bridgehead atoms. The average Bonchev–Trinajstić information content (AvgIpc) is 2.76. The first-order valence-corrected chi connectivity index (χ1v) is 6.08. The fourth-order valence-electron chi connectivity index (χ4n) is 2.35. The van der Waals surface area contributed by atoms with Gasteiger partial charge in [0.25, 0.3) is 0 Å². The maximum atomic E-state index is 12.7. The summed E-state index contributed by atoms with van der Waals surface area (Å²) in [5.41, 5.74) is 1.42. The fourth-order valence-corrected chi connectivity index (χ4v) is 2.35. The van der Waals surface area contributed by atoms with Gasteiger partial charge >= 0.3 is 6.18 Å². The molecule has 2 nitrogen and oxygen atoms in total. The first kappa shape index (κ1) is 12.7. The number of fused-ring (bicyclic) bond motifs is 1. The number of hydrogen-bond donors (Lipinski definition) is 1. The standard InChI is InChI=1S/C15H11F3N2/c16-15(17,18)11-5-3-6-12(8-11)20-9-10-4-1-2-7-13(10)14(20)19/h1-8,19H,9H2. The summed E-state index contributed by atoms with van der Waals surface area (Å²) >= 11 is 0. The summed E-state index contributed by atoms with van der Waals surface area (Å²) in [5, 5.41) is 8.10. The molecule has 1 N–H and O–H groups in total. The lowest BCUT2D eigenvalue weighted by atomic mass is 10.1. The van der Waals surface area contributed by atoms with Gasteiger partial charge in [-0.15, -0.1) is 0 Å². The van der Waals surface area contributed by atoms with Gasteiger partial charge in [0.05, 0.1) is 12.1 Å². The number of alkyl halides is 3. The molecule has 1 aliphatic rings. The van der Waals surface area contributed by atoms with E-state index < -0.39 is 11.7 Å². The highest BCUT2D eigenvalue weighted by molar-refractivity contribution is 6.11. The van der Waals surface area contributed by atoms with Crippen LogP contribution < -0.4 is 4.90 Å². The Hall–Kier alpha value is -2.30. The molecule has 0 saturated heterocycles. The molecule has 0 aliphatic carbocycles. The van der Waals surface area contributed by atoms with Gasteiger partial charge in [-0.25, -0.2) is 0 Å². The van der Waals surface area contributed by atoms with Crippen LogP contribution in [0.1, 0.15) is 16.7 Å². The van der Waals surface area contributed by atoms with Crippen molar-refractivity contribution in [2.24, 2.45) is 0 Å². The summed E-state index contributed by atoms with van der Waals surface area (Å²) in [6.07, 6.45) is -4.37. The van der Waals surface area contributed by atoms with Crippen molar-refractivity contribution in [3.8, 4) is 0 Å². The molecule has 3 rings (SSSR count). The predicted molar refractivity (Wildman–Crippen MR) is 70.9 cm³/mol. The van der Waals surface area contributed by atoms with Gasteiger partial charge in [0.2, 0.25) is 0 Å². The summed E-state index contributed by atoms with van der Waals surface area (Å²) in [7, 11) is 0. The van der Waals surface area contributed by atoms with E-state index in [4.69, 9.17) is 5.41 Å². The van der Waals surface area contributed by atoms with Crippen LogP contribution in [0, 0.1) is 5.41 Å². The van der Waals surface area contributed by atoms with E-state index in [1.165, 1.54) is 6.07 Å². The predicted octanol–water partition coefficient (Wildman–Crippen LogP) is 4.05. The highest BCUT2D eigenvalue weighted by Crippen LogP contribution is 2.34. The van der Waals surface area contributed by atoms with E-state index in [9.17, 15) is 13.2 Å². The third-order valence-corrected chi connectivity index (χ3v) is 3.36. The van der Waals surface area contributed by atoms with Gasteiger partial charge in [0, 0.05) is 11.3 Å². The van der Waals surface area contributed by atoms with Crippen LogP contribution in [0.25, 0.3) is 0 Å². The molecule has 20 heavy (non-hydrogen) atoms. The number of nitrogens with one attached hydrogen (secondary N) is 1. The molecule has 1 heterocycles. The molecule has 5 heteroatoms. The van der Waals surface area contributed by atoms with Gasteiger partial charge in [-0.2, -0.15) is 13.2 Å². The Morgan fingerprint density at radius 3 is 2.45 bits per heavy atom. The lowest BCUT2D eigenvalue weighted by Crippen LogP contribution is -2.23. The molecule has 2 aromatic rings. The van der Waals surface area contributed by atoms with Crippen LogP contribution in [-0.4, -0.2) is 5.84 Å². The van der Waals surface area contributed by atoms with Crippen LogP contribution in [0.3, 0.4) is 0 Å². The molecule has 0 fully saturated rings. The van der Waals surface area contributed by atoms with E-state index in [0.29, 0.717) is 12.2 Å². The van der Waals surface area contributed by atoms with Crippen molar-refractivity contribution in [3.05, 3.63) is 65.2 Å². The normalized spacial score (nSPS) is 14.6. The third kappa shape index (κ3) is 2.05. The Labute approximate surface area is 114 Å². The molecule has 0 amide bonds. The fraction of sp³-hybridized carbons (Fsp3) is 0.133. The molecule has 0 spiro atoms. The number of rotatable bonds is 1. The molecule has 1 aliphatic heterocycles. The topological polar surface area (TPSA) is 27.1 Å². The maximum Gasteiger partial charge on any atom is 0.416 e. The highest BCUT2D eigenvalue weighted by atomic mass is 19.4. The molecule has 0 saturated carbocycles. The molecular formula is C15H11F3N2. The Bertz CT molecular complexity index is 677. The van der Waals surface area contributed by atoms with Gasteiger partial charge in [0.1, 0.15) is 5.84 Å². The molecule has 2 aromatic carbocycles. The number of nitrogens with zero attached hydrogens (tertiary/aromatic N) is 1. The van der Waals surface area contributed by atoms with E-state index in [2.05, 4.69) is 0 Å². The first-order chi connectivity index (χ1) is 9.47. The molecule has 0 atom stereocenters. The Balaban J connectivity index is 1.98. The second-order valence-corrected chi connectivity index (χ2v) is 4.64. The summed E-state index contributed by atoms with van der Waals surface area (Å²) < 4.78 is 38.2. The lowest BCUT2D eigenvalue weighted by molar-refractivity contribution is -0.137. The summed E-state index contributed by atoms with van der Waals surface area (Å²) in [4.78, 5) is 1.58. The van der Waals surface area contributed by atoms with Crippen molar-refractivity contribution in [2.45, 2.75) is 12.7 Å². The van der Waals surface area contributed by atoms with E-state index in [0.717, 1.165) is 23.3 Å². The number of hydrogen-bond acceptors (Lipinski definition) is 1. The number of anilines is 1. The van der Waals surface area contributed by atoms with E-state index in [1.807, 2.05) is 24.3 Å². The first-order valence-electron chi connectivity index (χ1n) is 6.08. The minimum atomic E-state index is -4.37. The van der Waals surface area contributed by atoms with Crippen LogP contribution in [0.2, 0.25) is 0 Å². The van der Waals surface area contributed by atoms with Crippen LogP contribution in [0.4, 0.5) is 18.9 Å². The summed E-state index contributed by atoms with van der Waals surface area (Å²) in [6.45, 7) is 0.427. The Morgan fingerprint density at radius 2 is 1.75 bits per heavy atom. The SMILES string of the molecule is N=C1c2ccccc2CN1c1cccc(C(F)(F)F)c1. The van der Waals surface area contributed by atoms with E-state index in [-0.39, 0.29) is 5.84 Å². The smallest absolute Gasteiger partial charge is 0.322 e. The summed E-state index contributed by atoms with van der Waals surface area (Å²) in [5.74, 6) is 0.236. The number of amidine groups is 1. The maximum absolute atomic E-state index is 12.7. The van der Waals surface area contributed by atoms with Crippen molar-refractivity contribution in [3.63, 3.8) is 0 Å². The minimum Gasteiger partial charge on any atom is -0.322 e. The zero-order valence-electron chi connectivity index (χ0n) is 10.4. The molecule has 0 aromatic heterocycles. The summed E-state index contributed by atoms with van der Waals surface area (Å²) in [6, 6.07) is 12.5. The Kier molecular flexibility index (Phi) is 2.78. The monoisotopic (exact) mass is 276 g/mol. The van der Waals surface area contributed by atoms with E-state index >= 15 is 0 Å². The third-order valence-electron chi connectivity index (χ3n) is 3.36. The quantitative estimate of drug-likeness (QED) is 0.835. The molecular weight excluding hydrogens is 265 g/mol. The molecule has 0 unspecified atom stereocenters. The van der Waals surface area contributed by atoms with Gasteiger partial charge in [-0.1, -0.05) is 30.3 Å². The van der Waals surface area contributed by atoms with E-state index in [1.54, 1.807) is 11.0 Å². The van der Waals surface area contributed by atoms with Crippen LogP contribution in [-0.2, 0) is 12.7 Å². The van der Waals surface area contributed by atoms with Crippen molar-refractivity contribution in [1.29, 1.82) is 5.41 Å². The lowest BCUT2D eigenvalue weighted by Gasteiger charge is -2.19. The highest BCUT2D eigenvalue weighted by Gasteiger charge is 2.32. The molecule has 102 valence electrons. The number of benzene rings is 2. The number of halogens is 3. The van der Waals surface area contributed by atoms with Gasteiger partial charge in [-0.05, 0) is 23.8 Å². The van der Waals surface area contributed by atoms with Gasteiger partial charge < -0.3 is 4.90 Å². The second kappa shape index (κ2) is 4.37. The van der Waals surface area contributed by atoms with Crippen molar-refractivity contribution in [2.75, 3.05) is 4.90 Å². The van der Waals surface area contributed by atoms with Crippen molar-refractivity contribution in [1.82, 2.24) is 0 Å². The van der Waals surface area contributed by atoms with Gasteiger partial charge in [0.15, 0.2) is 0 Å². The second-order valence-electron chi connectivity index (χ2n) is 4.64. The zero-order chi connectivity index (χ0) is 14.3. The van der Waals surface area contributed by atoms with Gasteiger partial charge in [-0.3, -0.25) is 5.41 Å². The van der Waals surface area contributed by atoms with Crippen LogP contribution >= 0.6 is 0 Å². The zero-order valence-corrected chi connectivity index (χ0v) is 10.4. The Morgan fingerprint density at radius 1 is 1.00 bits per heavy atom. The van der Waals surface area contributed by atoms with Crippen molar-refractivity contribution >= 4 is 11.5 Å². The largest absolute Gasteiger partial charge is 0.416 e. The minimum absolute atomic E-state index is 0.236.